The van der Waals surface area contributed by atoms with Crippen LogP contribution in [0.4, 0.5) is 0 Å². The van der Waals surface area contributed by atoms with Crippen molar-refractivity contribution in [2.45, 2.75) is 32.8 Å². The van der Waals surface area contributed by atoms with E-state index in [4.69, 9.17) is 4.74 Å². The van der Waals surface area contributed by atoms with Crippen LogP contribution in [0.15, 0.2) is 0 Å². The lowest BCUT2D eigenvalue weighted by atomic mass is 9.80. The molecule has 11 heavy (non-hydrogen) atoms. The fraction of sp³-hybridized carbons (Fsp3) is 0.875. The van der Waals surface area contributed by atoms with Gasteiger partial charge in [-0.1, -0.05) is 6.92 Å². The quantitative estimate of drug-likeness (QED) is 0.572. The largest absolute Gasteiger partial charge is 0.463 e. The van der Waals surface area contributed by atoms with Gasteiger partial charge in [-0.15, -0.1) is 0 Å². The molecular formula is C8H14O3. The van der Waals surface area contributed by atoms with Crippen molar-refractivity contribution in [1.82, 2.24) is 0 Å². The van der Waals surface area contributed by atoms with Crippen molar-refractivity contribution in [3.63, 3.8) is 0 Å². The minimum Gasteiger partial charge on any atom is -0.463 e. The molecule has 0 amide bonds. The zero-order valence-electron chi connectivity index (χ0n) is 6.96. The highest BCUT2D eigenvalue weighted by Crippen LogP contribution is 2.32. The van der Waals surface area contributed by atoms with E-state index in [1.165, 1.54) is 0 Å². The van der Waals surface area contributed by atoms with Crippen LogP contribution in [0.5, 0.6) is 0 Å². The SMILES string of the molecule is CCC1(C)CC(O)COC1=O. The first-order chi connectivity index (χ1) is 5.08. The van der Waals surface area contributed by atoms with Gasteiger partial charge in [0.2, 0.25) is 0 Å². The van der Waals surface area contributed by atoms with Crippen LogP contribution in [0.3, 0.4) is 0 Å². The van der Waals surface area contributed by atoms with Gasteiger partial charge in [-0.2, -0.15) is 0 Å². The van der Waals surface area contributed by atoms with Crippen molar-refractivity contribution in [2.75, 3.05) is 6.61 Å². The van der Waals surface area contributed by atoms with E-state index in [9.17, 15) is 9.90 Å². The second kappa shape index (κ2) is 2.81. The van der Waals surface area contributed by atoms with E-state index in [-0.39, 0.29) is 12.6 Å². The Morgan fingerprint density at radius 3 is 2.91 bits per heavy atom. The number of hydrogen-bond acceptors (Lipinski definition) is 3. The fourth-order valence-corrected chi connectivity index (χ4v) is 1.30. The smallest absolute Gasteiger partial charge is 0.311 e. The van der Waals surface area contributed by atoms with Crippen molar-refractivity contribution in [3.8, 4) is 0 Å². The van der Waals surface area contributed by atoms with Crippen LogP contribution in [0.2, 0.25) is 0 Å². The Hall–Kier alpha value is -0.570. The normalized spacial score (nSPS) is 38.5. The average Bonchev–Trinajstić information content (AvgIpc) is 1.98. The van der Waals surface area contributed by atoms with E-state index in [0.717, 1.165) is 6.42 Å². The van der Waals surface area contributed by atoms with E-state index < -0.39 is 11.5 Å². The Balaban J connectivity index is 2.68. The number of carbonyl (C=O) groups excluding carboxylic acids is 1. The lowest BCUT2D eigenvalue weighted by molar-refractivity contribution is -0.169. The first-order valence-corrected chi connectivity index (χ1v) is 3.94. The summed E-state index contributed by atoms with van der Waals surface area (Å²) >= 11 is 0. The lowest BCUT2D eigenvalue weighted by Crippen LogP contribution is -2.41. The predicted octanol–water partition coefficient (Wildman–Crippen LogP) is 0.710. The maximum absolute atomic E-state index is 11.2. The van der Waals surface area contributed by atoms with E-state index in [1.807, 2.05) is 13.8 Å². The van der Waals surface area contributed by atoms with E-state index in [0.29, 0.717) is 6.42 Å². The van der Waals surface area contributed by atoms with Gasteiger partial charge in [0.25, 0.3) is 0 Å². The number of aliphatic hydroxyl groups excluding tert-OH is 1. The molecule has 3 heteroatoms. The monoisotopic (exact) mass is 158 g/mol. The first-order valence-electron chi connectivity index (χ1n) is 3.94. The van der Waals surface area contributed by atoms with Gasteiger partial charge in [0.1, 0.15) is 6.61 Å². The standard InChI is InChI=1S/C8H14O3/c1-3-8(2)4-6(9)5-11-7(8)10/h6,9H,3-5H2,1-2H3. The highest BCUT2D eigenvalue weighted by Gasteiger charge is 2.39. The molecule has 64 valence electrons. The summed E-state index contributed by atoms with van der Waals surface area (Å²) in [5, 5.41) is 9.22. The van der Waals surface area contributed by atoms with Gasteiger partial charge in [0, 0.05) is 0 Å². The molecule has 1 saturated heterocycles. The van der Waals surface area contributed by atoms with Gasteiger partial charge in [0.15, 0.2) is 0 Å². The number of carbonyl (C=O) groups is 1. The summed E-state index contributed by atoms with van der Waals surface area (Å²) in [6, 6.07) is 0. The summed E-state index contributed by atoms with van der Waals surface area (Å²) in [7, 11) is 0. The predicted molar refractivity (Wildman–Crippen MR) is 40.0 cm³/mol. The second-order valence-corrected chi connectivity index (χ2v) is 3.37. The summed E-state index contributed by atoms with van der Waals surface area (Å²) in [5.41, 5.74) is -0.461. The van der Waals surface area contributed by atoms with Crippen molar-refractivity contribution < 1.29 is 14.6 Å². The average molecular weight is 158 g/mol. The second-order valence-electron chi connectivity index (χ2n) is 3.37. The lowest BCUT2D eigenvalue weighted by Gasteiger charge is -2.32. The van der Waals surface area contributed by atoms with Crippen molar-refractivity contribution in [2.24, 2.45) is 5.41 Å². The molecule has 0 spiro atoms. The van der Waals surface area contributed by atoms with Crippen LogP contribution < -0.4 is 0 Å². The van der Waals surface area contributed by atoms with Gasteiger partial charge in [-0.25, -0.2) is 0 Å². The summed E-state index contributed by atoms with van der Waals surface area (Å²) in [5.74, 6) is -0.176. The topological polar surface area (TPSA) is 46.5 Å². The highest BCUT2D eigenvalue weighted by molar-refractivity contribution is 5.77. The van der Waals surface area contributed by atoms with Crippen molar-refractivity contribution in [3.05, 3.63) is 0 Å². The summed E-state index contributed by atoms with van der Waals surface area (Å²) in [6.45, 7) is 3.92. The van der Waals surface area contributed by atoms with E-state index in [2.05, 4.69) is 0 Å². The van der Waals surface area contributed by atoms with Gasteiger partial charge >= 0.3 is 5.97 Å². The molecule has 1 aliphatic heterocycles. The Bertz CT molecular complexity index is 167. The molecule has 1 N–H and O–H groups in total. The highest BCUT2D eigenvalue weighted by atomic mass is 16.5. The molecule has 1 rings (SSSR count). The molecular weight excluding hydrogens is 144 g/mol. The number of rotatable bonds is 1. The minimum atomic E-state index is -0.474. The van der Waals surface area contributed by atoms with Crippen LogP contribution in [0.1, 0.15) is 26.7 Å². The number of cyclic esters (lactones) is 1. The molecule has 3 nitrogen and oxygen atoms in total. The minimum absolute atomic E-state index is 0.161. The molecule has 0 aliphatic carbocycles. The molecule has 0 radical (unpaired) electrons. The number of aliphatic hydroxyl groups is 1. The molecule has 0 aromatic rings. The molecule has 0 aromatic heterocycles. The first kappa shape index (κ1) is 8.53. The number of esters is 1. The maximum atomic E-state index is 11.2. The molecule has 1 fully saturated rings. The maximum Gasteiger partial charge on any atom is 0.311 e. The Kier molecular flexibility index (Phi) is 2.18. The van der Waals surface area contributed by atoms with Crippen LogP contribution >= 0.6 is 0 Å². The fourth-order valence-electron chi connectivity index (χ4n) is 1.30. The molecule has 2 atom stereocenters. The Morgan fingerprint density at radius 1 is 1.82 bits per heavy atom. The van der Waals surface area contributed by atoms with E-state index in [1.54, 1.807) is 0 Å². The van der Waals surface area contributed by atoms with Gasteiger partial charge < -0.3 is 9.84 Å². The zero-order chi connectivity index (χ0) is 8.48. The summed E-state index contributed by atoms with van der Waals surface area (Å²) in [6.07, 6.45) is 0.781. The molecule has 1 aliphatic rings. The molecule has 1 heterocycles. The Morgan fingerprint density at radius 2 is 2.45 bits per heavy atom. The summed E-state index contributed by atoms with van der Waals surface area (Å²) in [4.78, 5) is 11.2. The van der Waals surface area contributed by atoms with Crippen LogP contribution in [0, 0.1) is 5.41 Å². The molecule has 2 unspecified atom stereocenters. The molecule has 0 aromatic carbocycles. The Labute approximate surface area is 66.4 Å². The van der Waals surface area contributed by atoms with Crippen LogP contribution in [-0.2, 0) is 9.53 Å². The van der Waals surface area contributed by atoms with Crippen molar-refractivity contribution in [1.29, 1.82) is 0 Å². The number of ether oxygens (including phenoxy) is 1. The van der Waals surface area contributed by atoms with Gasteiger partial charge in [-0.05, 0) is 19.8 Å². The van der Waals surface area contributed by atoms with Crippen LogP contribution in [-0.4, -0.2) is 23.8 Å². The van der Waals surface area contributed by atoms with E-state index >= 15 is 0 Å². The zero-order valence-corrected chi connectivity index (χ0v) is 6.96. The summed E-state index contributed by atoms with van der Waals surface area (Å²) < 4.78 is 4.81. The number of hydrogen-bond donors (Lipinski definition) is 1. The van der Waals surface area contributed by atoms with Crippen LogP contribution in [0.25, 0.3) is 0 Å². The van der Waals surface area contributed by atoms with Gasteiger partial charge in [0.05, 0.1) is 11.5 Å². The van der Waals surface area contributed by atoms with Gasteiger partial charge in [-0.3, -0.25) is 4.79 Å². The molecule has 0 saturated carbocycles. The third kappa shape index (κ3) is 1.53. The van der Waals surface area contributed by atoms with Crippen molar-refractivity contribution >= 4 is 5.97 Å². The molecule has 0 bridgehead atoms. The third-order valence-corrected chi connectivity index (χ3v) is 2.37. The third-order valence-electron chi connectivity index (χ3n) is 2.37.